The number of aliphatic carboxylic acids is 1. The fraction of sp³-hybridized carbons (Fsp3) is 0.765. The summed E-state index contributed by atoms with van der Waals surface area (Å²) in [5.74, 6) is -1.81. The van der Waals surface area contributed by atoms with Crippen molar-refractivity contribution in [3.63, 3.8) is 0 Å². The van der Waals surface area contributed by atoms with Crippen LogP contribution in [-0.2, 0) is 23.9 Å². The van der Waals surface area contributed by atoms with Crippen LogP contribution in [0.4, 0.5) is 0 Å². The molecule has 0 bridgehead atoms. The molecule has 1 amide bonds. The Kier molecular flexibility index (Phi) is 19.8. The topological polar surface area (TPSA) is 170 Å². The highest BCUT2D eigenvalue weighted by molar-refractivity contribution is 5.87. The van der Waals surface area contributed by atoms with Gasteiger partial charge in [-0.3, -0.25) is 14.4 Å². The number of aliphatic hydroxyl groups excluding tert-OH is 3. The summed E-state index contributed by atoms with van der Waals surface area (Å²) in [4.78, 5) is 49.7. The van der Waals surface area contributed by atoms with Gasteiger partial charge < -0.3 is 30.5 Å². The van der Waals surface area contributed by atoms with E-state index < -0.39 is 48.2 Å². The Hall–Kier alpha value is -2.56. The van der Waals surface area contributed by atoms with Gasteiger partial charge in [-0.15, -0.1) is 0 Å². The number of aliphatic hydroxyl groups is 3. The van der Waals surface area contributed by atoms with Gasteiger partial charge in [0.1, 0.15) is 5.78 Å². The Morgan fingerprint density at radius 3 is 2.30 bits per heavy atom. The second kappa shape index (κ2) is 22.0. The maximum absolute atomic E-state index is 12.8. The first-order valence-corrected chi connectivity index (χ1v) is 16.5. The molecule has 0 aromatic carbocycles. The van der Waals surface area contributed by atoms with Gasteiger partial charge in [-0.1, -0.05) is 65.2 Å². The number of carboxylic acid groups (broad SMARTS) is 1. The molecule has 44 heavy (non-hydrogen) atoms. The number of carbonyl (C=O) groups excluding carboxylic acids is 3. The Bertz CT molecular complexity index is 947. The van der Waals surface area contributed by atoms with Gasteiger partial charge in [0, 0.05) is 31.4 Å². The lowest BCUT2D eigenvalue weighted by atomic mass is 9.92. The predicted octanol–water partition coefficient (Wildman–Crippen LogP) is 4.64. The lowest BCUT2D eigenvalue weighted by Gasteiger charge is -2.23. The molecule has 5 N–H and O–H groups in total. The molecular formula is C34H57NO9. The van der Waals surface area contributed by atoms with Crippen LogP contribution in [0.3, 0.4) is 0 Å². The molecule has 0 fully saturated rings. The van der Waals surface area contributed by atoms with E-state index in [0.29, 0.717) is 32.1 Å². The summed E-state index contributed by atoms with van der Waals surface area (Å²) in [6.45, 7) is 7.56. The highest BCUT2D eigenvalue weighted by Gasteiger charge is 2.27. The van der Waals surface area contributed by atoms with Crippen molar-refractivity contribution in [3.8, 4) is 0 Å². The number of carbonyl (C=O) groups is 4. The first kappa shape index (κ1) is 39.5. The average molecular weight is 624 g/mol. The summed E-state index contributed by atoms with van der Waals surface area (Å²) >= 11 is 0. The molecule has 252 valence electrons. The number of hydrogen-bond acceptors (Lipinski definition) is 8. The molecule has 10 heteroatoms. The Labute approximate surface area is 263 Å². The first-order chi connectivity index (χ1) is 20.9. The number of ketones is 1. The highest BCUT2D eigenvalue weighted by atomic mass is 16.5. The van der Waals surface area contributed by atoms with Crippen LogP contribution in [0, 0.1) is 17.8 Å². The SMILES string of the molecule is CCC[C@@H]1OC(=O)[C@@H](C)C[C@H](C)CCCCC(=O)CCC[C@@H](CC)/C=C/C=C(\C(=O)O)CC[C@@H](O)[C@@H](O)C[C@H](O)CNC1=O. The molecule has 0 aromatic heterocycles. The second-order valence-electron chi connectivity index (χ2n) is 12.5. The fourth-order valence-corrected chi connectivity index (χ4v) is 5.46. The molecule has 0 aliphatic carbocycles. The van der Waals surface area contributed by atoms with E-state index in [-0.39, 0.29) is 49.0 Å². The van der Waals surface area contributed by atoms with Gasteiger partial charge in [-0.2, -0.15) is 0 Å². The minimum Gasteiger partial charge on any atom is -0.478 e. The summed E-state index contributed by atoms with van der Waals surface area (Å²) in [5.41, 5.74) is 0.0821. The number of β-amino-alcohol motifs (C(OH)–C–C–N with tert-alkyl or cyclic N) is 1. The lowest BCUT2D eigenvalue weighted by Crippen LogP contribution is -2.43. The van der Waals surface area contributed by atoms with Crippen molar-refractivity contribution in [3.05, 3.63) is 23.8 Å². The van der Waals surface area contributed by atoms with Crippen LogP contribution in [0.5, 0.6) is 0 Å². The molecule has 1 aliphatic heterocycles. The van der Waals surface area contributed by atoms with Crippen molar-refractivity contribution >= 4 is 23.6 Å². The zero-order chi connectivity index (χ0) is 33.1. The largest absolute Gasteiger partial charge is 0.478 e. The van der Waals surface area contributed by atoms with Gasteiger partial charge in [-0.25, -0.2) is 4.79 Å². The molecule has 0 spiro atoms. The Morgan fingerprint density at radius 2 is 1.64 bits per heavy atom. The molecule has 10 nitrogen and oxygen atoms in total. The van der Waals surface area contributed by atoms with E-state index in [1.54, 1.807) is 13.0 Å². The number of hydrogen-bond donors (Lipinski definition) is 5. The highest BCUT2D eigenvalue weighted by Crippen LogP contribution is 2.22. The molecule has 1 aliphatic rings. The van der Waals surface area contributed by atoms with Gasteiger partial charge in [0.2, 0.25) is 0 Å². The molecule has 7 atom stereocenters. The molecule has 1 rings (SSSR count). The summed E-state index contributed by atoms with van der Waals surface area (Å²) < 4.78 is 5.55. The number of ether oxygens (including phenoxy) is 1. The molecule has 0 radical (unpaired) electrons. The van der Waals surface area contributed by atoms with E-state index in [2.05, 4.69) is 12.2 Å². The molecule has 1 heterocycles. The van der Waals surface area contributed by atoms with E-state index >= 15 is 0 Å². The minimum absolute atomic E-state index is 0.0112. The minimum atomic E-state index is -1.33. The van der Waals surface area contributed by atoms with Gasteiger partial charge in [-0.05, 0) is 63.2 Å². The number of Topliss-reactive ketones (excluding diaryl/α,β-unsaturated/α-hetero) is 1. The van der Waals surface area contributed by atoms with Crippen molar-refractivity contribution in [2.24, 2.45) is 17.8 Å². The maximum Gasteiger partial charge on any atom is 0.331 e. The fourth-order valence-electron chi connectivity index (χ4n) is 5.46. The van der Waals surface area contributed by atoms with Gasteiger partial charge in [0.25, 0.3) is 5.91 Å². The third kappa shape index (κ3) is 16.5. The Morgan fingerprint density at radius 1 is 0.932 bits per heavy atom. The van der Waals surface area contributed by atoms with Gasteiger partial charge >= 0.3 is 11.9 Å². The predicted molar refractivity (Wildman–Crippen MR) is 169 cm³/mol. The zero-order valence-corrected chi connectivity index (χ0v) is 27.2. The van der Waals surface area contributed by atoms with Crippen LogP contribution in [-0.4, -0.2) is 75.0 Å². The normalized spacial score (nSPS) is 32.7. The van der Waals surface area contributed by atoms with Crippen LogP contribution in [0.2, 0.25) is 0 Å². The van der Waals surface area contributed by atoms with Crippen LogP contribution in [0.15, 0.2) is 23.8 Å². The van der Waals surface area contributed by atoms with Gasteiger partial charge in [0.15, 0.2) is 6.10 Å². The van der Waals surface area contributed by atoms with Crippen molar-refractivity contribution in [1.82, 2.24) is 5.32 Å². The number of nitrogens with one attached hydrogen (secondary N) is 1. The summed E-state index contributed by atoms with van der Waals surface area (Å²) in [6, 6.07) is 0. The Balaban J connectivity index is 2.98. The molecule has 0 saturated carbocycles. The molecule has 0 aromatic rings. The van der Waals surface area contributed by atoms with E-state index in [0.717, 1.165) is 38.5 Å². The summed E-state index contributed by atoms with van der Waals surface area (Å²) in [7, 11) is 0. The molecular weight excluding hydrogens is 566 g/mol. The number of rotatable bonds is 4. The summed E-state index contributed by atoms with van der Waals surface area (Å²) in [5, 5.41) is 43.4. The van der Waals surface area contributed by atoms with E-state index in [9.17, 15) is 39.6 Å². The van der Waals surface area contributed by atoms with Crippen LogP contribution in [0.25, 0.3) is 0 Å². The van der Waals surface area contributed by atoms with E-state index in [1.807, 2.05) is 19.9 Å². The summed E-state index contributed by atoms with van der Waals surface area (Å²) in [6.07, 6.45) is 7.70. The number of esters is 1. The van der Waals surface area contributed by atoms with Gasteiger partial charge in [0.05, 0.1) is 24.2 Å². The standard InChI is InChI=1S/C34H57NO9/c1-5-11-31-32(40)35-22-28(37)21-30(39)29(38)19-18-26(33(41)42)15-9-13-25(6-2)14-10-17-27(36)16-8-7-12-23(3)20-24(4)34(43)44-31/h9,13,15,23-25,28-31,37-39H,5-8,10-12,14,16-22H2,1-4H3,(H,35,40)(H,41,42)/b13-9+,26-15-/t23-,24+,25+,28+,29-,30+,31+/m1/s1. The van der Waals surface area contributed by atoms with Crippen molar-refractivity contribution in [2.45, 2.75) is 142 Å². The number of cyclic esters (lactones) is 1. The number of amides is 1. The van der Waals surface area contributed by atoms with Crippen molar-refractivity contribution in [1.29, 1.82) is 0 Å². The zero-order valence-electron chi connectivity index (χ0n) is 27.2. The molecule has 0 unspecified atom stereocenters. The third-order valence-corrected chi connectivity index (χ3v) is 8.35. The van der Waals surface area contributed by atoms with Crippen LogP contribution in [0.1, 0.15) is 118 Å². The maximum atomic E-state index is 12.8. The average Bonchev–Trinajstić information content (AvgIpc) is 2.97. The van der Waals surface area contributed by atoms with E-state index in [1.165, 1.54) is 6.08 Å². The number of carboxylic acids is 1. The first-order valence-electron chi connectivity index (χ1n) is 16.5. The van der Waals surface area contributed by atoms with Crippen molar-refractivity contribution in [2.75, 3.05) is 6.54 Å². The monoisotopic (exact) mass is 623 g/mol. The number of allylic oxidation sites excluding steroid dienone is 3. The van der Waals surface area contributed by atoms with Crippen LogP contribution >= 0.6 is 0 Å². The van der Waals surface area contributed by atoms with Crippen molar-refractivity contribution < 1.29 is 44.3 Å². The van der Waals surface area contributed by atoms with E-state index in [4.69, 9.17) is 4.74 Å². The smallest absolute Gasteiger partial charge is 0.331 e. The van der Waals surface area contributed by atoms with Crippen LogP contribution < -0.4 is 5.32 Å². The second-order valence-corrected chi connectivity index (χ2v) is 12.5. The quantitative estimate of drug-likeness (QED) is 0.280. The third-order valence-electron chi connectivity index (χ3n) is 8.35. The molecule has 0 saturated heterocycles. The lowest BCUT2D eigenvalue weighted by molar-refractivity contribution is -0.160.